The summed E-state index contributed by atoms with van der Waals surface area (Å²) in [4.78, 5) is 27.1. The van der Waals surface area contributed by atoms with Crippen molar-refractivity contribution < 1.29 is 4.79 Å². The first-order chi connectivity index (χ1) is 11.6. The maximum Gasteiger partial charge on any atom is 0.274 e. The molecule has 0 saturated carbocycles. The maximum absolute atomic E-state index is 12.9. The van der Waals surface area contributed by atoms with E-state index in [9.17, 15) is 9.59 Å². The molecule has 1 aromatic carbocycles. The molecule has 136 valence electrons. The van der Waals surface area contributed by atoms with E-state index in [-0.39, 0.29) is 36.3 Å². The molecule has 1 aliphatic heterocycles. The van der Waals surface area contributed by atoms with Gasteiger partial charge in [0.25, 0.3) is 5.56 Å². The molecule has 1 aromatic heterocycles. The van der Waals surface area contributed by atoms with Crippen molar-refractivity contribution in [1.29, 1.82) is 0 Å². The number of rotatable bonds is 5. The monoisotopic (exact) mass is 364 g/mol. The van der Waals surface area contributed by atoms with Crippen molar-refractivity contribution in [1.82, 2.24) is 20.0 Å². The van der Waals surface area contributed by atoms with E-state index in [1.807, 2.05) is 23.1 Å². The second kappa shape index (κ2) is 8.45. The number of aryl methyl sites for hydroxylation is 1. The zero-order chi connectivity index (χ0) is 17.1. The molecule has 0 bridgehead atoms. The number of benzene rings is 1. The Hall–Kier alpha value is -1.92. The number of amides is 1. The van der Waals surface area contributed by atoms with Gasteiger partial charge in [0.1, 0.15) is 0 Å². The quantitative estimate of drug-likeness (QED) is 0.873. The predicted octanol–water partition coefficient (Wildman–Crippen LogP) is 1.50. The normalized spacial score (nSPS) is 16.6. The van der Waals surface area contributed by atoms with E-state index < -0.39 is 0 Å². The summed E-state index contributed by atoms with van der Waals surface area (Å²) < 4.78 is 1.33. The van der Waals surface area contributed by atoms with Gasteiger partial charge >= 0.3 is 0 Å². The Balaban J connectivity index is 0.00000225. The van der Waals surface area contributed by atoms with Gasteiger partial charge in [0, 0.05) is 31.6 Å². The SMILES string of the molecule is CCCN(C(=O)Cc1nn(C)c(=O)c2ccccc12)C1CCNC1.Cl. The van der Waals surface area contributed by atoms with Crippen molar-refractivity contribution in [2.45, 2.75) is 32.2 Å². The van der Waals surface area contributed by atoms with Crippen LogP contribution in [0.15, 0.2) is 29.1 Å². The summed E-state index contributed by atoms with van der Waals surface area (Å²) in [5, 5.41) is 9.06. The molecule has 7 heteroatoms. The first-order valence-corrected chi connectivity index (χ1v) is 8.57. The molecular weight excluding hydrogens is 340 g/mol. The van der Waals surface area contributed by atoms with Gasteiger partial charge < -0.3 is 10.2 Å². The summed E-state index contributed by atoms with van der Waals surface area (Å²) in [5.41, 5.74) is 0.539. The molecule has 2 aromatic rings. The number of aromatic nitrogens is 2. The molecule has 0 radical (unpaired) electrons. The highest BCUT2D eigenvalue weighted by atomic mass is 35.5. The van der Waals surface area contributed by atoms with Crippen LogP contribution < -0.4 is 10.9 Å². The Kier molecular flexibility index (Phi) is 6.56. The van der Waals surface area contributed by atoms with E-state index in [4.69, 9.17) is 0 Å². The van der Waals surface area contributed by atoms with Gasteiger partial charge in [0.2, 0.25) is 5.91 Å². The zero-order valence-electron chi connectivity index (χ0n) is 14.7. The molecule has 1 unspecified atom stereocenters. The molecule has 0 spiro atoms. The van der Waals surface area contributed by atoms with Crippen LogP contribution in [-0.4, -0.2) is 46.3 Å². The third-order valence-electron chi connectivity index (χ3n) is 4.61. The number of nitrogens with one attached hydrogen (secondary N) is 1. The van der Waals surface area contributed by atoms with Crippen molar-refractivity contribution in [3.63, 3.8) is 0 Å². The first kappa shape index (κ1) is 19.4. The van der Waals surface area contributed by atoms with E-state index in [0.29, 0.717) is 11.1 Å². The number of hydrogen-bond acceptors (Lipinski definition) is 4. The van der Waals surface area contributed by atoms with Crippen molar-refractivity contribution >= 4 is 29.1 Å². The molecular formula is C18H25ClN4O2. The maximum atomic E-state index is 12.9. The number of carbonyl (C=O) groups is 1. The number of halogens is 1. The molecule has 6 nitrogen and oxygen atoms in total. The van der Waals surface area contributed by atoms with Crippen LogP contribution in [0, 0.1) is 0 Å². The fraction of sp³-hybridized carbons (Fsp3) is 0.500. The van der Waals surface area contributed by atoms with Crippen molar-refractivity contribution in [3.05, 3.63) is 40.3 Å². The van der Waals surface area contributed by atoms with Gasteiger partial charge in [-0.15, -0.1) is 12.4 Å². The molecule has 3 rings (SSSR count). The van der Waals surface area contributed by atoms with Gasteiger partial charge in [-0.25, -0.2) is 4.68 Å². The van der Waals surface area contributed by atoms with E-state index in [0.717, 1.165) is 37.9 Å². The lowest BCUT2D eigenvalue weighted by atomic mass is 10.1. The molecule has 1 saturated heterocycles. The molecule has 1 atom stereocenters. The van der Waals surface area contributed by atoms with Crippen LogP contribution >= 0.6 is 12.4 Å². The number of carbonyl (C=O) groups excluding carboxylic acids is 1. The fourth-order valence-electron chi connectivity index (χ4n) is 3.41. The van der Waals surface area contributed by atoms with E-state index in [1.54, 1.807) is 13.1 Å². The zero-order valence-corrected chi connectivity index (χ0v) is 15.5. The van der Waals surface area contributed by atoms with Crippen LogP contribution in [0.2, 0.25) is 0 Å². The standard InChI is InChI=1S/C18H24N4O2.ClH/c1-3-10-22(13-8-9-19-12-13)17(23)11-16-14-6-4-5-7-15(14)18(24)21(2)20-16;/h4-7,13,19H,3,8-12H2,1-2H3;1H. The Morgan fingerprint density at radius 3 is 2.72 bits per heavy atom. The van der Waals surface area contributed by atoms with Crippen LogP contribution in [0.25, 0.3) is 10.8 Å². The highest BCUT2D eigenvalue weighted by molar-refractivity contribution is 5.88. The van der Waals surface area contributed by atoms with Gasteiger partial charge in [-0.2, -0.15) is 5.10 Å². The van der Waals surface area contributed by atoms with Gasteiger partial charge in [-0.1, -0.05) is 25.1 Å². The Morgan fingerprint density at radius 1 is 1.36 bits per heavy atom. The second-order valence-corrected chi connectivity index (χ2v) is 6.33. The van der Waals surface area contributed by atoms with Crippen LogP contribution in [0.1, 0.15) is 25.5 Å². The predicted molar refractivity (Wildman–Crippen MR) is 101 cm³/mol. The minimum atomic E-state index is -0.132. The summed E-state index contributed by atoms with van der Waals surface area (Å²) in [6.07, 6.45) is 2.15. The Morgan fingerprint density at radius 2 is 2.08 bits per heavy atom. The Labute approximate surface area is 153 Å². The summed E-state index contributed by atoms with van der Waals surface area (Å²) in [6, 6.07) is 7.63. The van der Waals surface area contributed by atoms with Crippen molar-refractivity contribution in [3.8, 4) is 0 Å². The summed E-state index contributed by atoms with van der Waals surface area (Å²) in [6.45, 7) is 4.66. The van der Waals surface area contributed by atoms with E-state index in [1.165, 1.54) is 4.68 Å². The molecule has 1 fully saturated rings. The Bertz CT molecular complexity index is 799. The average molecular weight is 365 g/mol. The largest absolute Gasteiger partial charge is 0.338 e. The fourth-order valence-corrected chi connectivity index (χ4v) is 3.41. The smallest absolute Gasteiger partial charge is 0.274 e. The van der Waals surface area contributed by atoms with Gasteiger partial charge in [0.05, 0.1) is 17.5 Å². The van der Waals surface area contributed by atoms with Crippen LogP contribution in [0.5, 0.6) is 0 Å². The van der Waals surface area contributed by atoms with E-state index in [2.05, 4.69) is 17.3 Å². The lowest BCUT2D eigenvalue weighted by Crippen LogP contribution is -2.43. The average Bonchev–Trinajstić information content (AvgIpc) is 3.11. The van der Waals surface area contributed by atoms with Crippen molar-refractivity contribution in [2.24, 2.45) is 7.05 Å². The lowest BCUT2D eigenvalue weighted by Gasteiger charge is -2.28. The van der Waals surface area contributed by atoms with Crippen LogP contribution in [0.3, 0.4) is 0 Å². The molecule has 2 heterocycles. The number of fused-ring (bicyclic) bond motifs is 1. The highest BCUT2D eigenvalue weighted by Crippen LogP contribution is 2.16. The van der Waals surface area contributed by atoms with E-state index >= 15 is 0 Å². The lowest BCUT2D eigenvalue weighted by molar-refractivity contribution is -0.132. The van der Waals surface area contributed by atoms with Crippen LogP contribution in [-0.2, 0) is 18.3 Å². The molecule has 25 heavy (non-hydrogen) atoms. The summed E-state index contributed by atoms with van der Waals surface area (Å²) >= 11 is 0. The first-order valence-electron chi connectivity index (χ1n) is 8.57. The third-order valence-corrected chi connectivity index (χ3v) is 4.61. The number of hydrogen-bond donors (Lipinski definition) is 1. The molecule has 1 N–H and O–H groups in total. The summed E-state index contributed by atoms with van der Waals surface area (Å²) in [7, 11) is 1.63. The number of nitrogens with zero attached hydrogens (tertiary/aromatic N) is 3. The van der Waals surface area contributed by atoms with Gasteiger partial charge in [-0.05, 0) is 25.5 Å². The summed E-state index contributed by atoms with van der Waals surface area (Å²) in [5.74, 6) is 0.0850. The topological polar surface area (TPSA) is 67.2 Å². The molecule has 1 amide bonds. The van der Waals surface area contributed by atoms with Crippen LogP contribution in [0.4, 0.5) is 0 Å². The highest BCUT2D eigenvalue weighted by Gasteiger charge is 2.26. The molecule has 0 aliphatic carbocycles. The minimum absolute atomic E-state index is 0. The van der Waals surface area contributed by atoms with Gasteiger partial charge in [-0.3, -0.25) is 9.59 Å². The second-order valence-electron chi connectivity index (χ2n) is 6.33. The minimum Gasteiger partial charge on any atom is -0.338 e. The third kappa shape index (κ3) is 4.02. The molecule has 1 aliphatic rings. The van der Waals surface area contributed by atoms with Gasteiger partial charge in [0.15, 0.2) is 0 Å². The van der Waals surface area contributed by atoms with Crippen molar-refractivity contribution in [2.75, 3.05) is 19.6 Å².